The molecule has 3 fully saturated rings. The maximum Gasteiger partial charge on any atom is 0.452 e. The van der Waals surface area contributed by atoms with Gasteiger partial charge in [0.2, 0.25) is 5.91 Å². The molecular formula is C46H55ClF3N5O5. The molecule has 2 unspecified atom stereocenters. The minimum absolute atomic E-state index is 0.00705. The van der Waals surface area contributed by atoms with Crippen LogP contribution in [-0.4, -0.2) is 96.1 Å². The zero-order chi connectivity index (χ0) is 43.0. The zero-order valence-electron chi connectivity index (χ0n) is 34.7. The summed E-state index contributed by atoms with van der Waals surface area (Å²) in [5.41, 5.74) is 2.96. The number of ether oxygens (including phenoxy) is 1. The second-order valence-corrected chi connectivity index (χ2v) is 18.6. The van der Waals surface area contributed by atoms with Crippen LogP contribution in [0.2, 0.25) is 5.02 Å². The van der Waals surface area contributed by atoms with Crippen molar-refractivity contribution in [2.45, 2.75) is 107 Å². The molecule has 4 aliphatic rings. The monoisotopic (exact) mass is 849 g/mol. The smallest absolute Gasteiger partial charge is 0.452 e. The molecule has 2 aliphatic heterocycles. The van der Waals surface area contributed by atoms with Gasteiger partial charge in [0.05, 0.1) is 5.41 Å². The van der Waals surface area contributed by atoms with Gasteiger partial charge in [0.15, 0.2) is 5.54 Å². The topological polar surface area (TPSA) is 120 Å². The van der Waals surface area contributed by atoms with E-state index in [0.717, 1.165) is 54.4 Å². The summed E-state index contributed by atoms with van der Waals surface area (Å²) in [5, 5.41) is 7.83. The Morgan fingerprint density at radius 2 is 1.43 bits per heavy atom. The van der Waals surface area contributed by atoms with E-state index in [1.54, 1.807) is 11.9 Å². The van der Waals surface area contributed by atoms with Crippen LogP contribution < -0.4 is 16.1 Å². The van der Waals surface area contributed by atoms with Crippen molar-refractivity contribution in [2.24, 2.45) is 11.3 Å². The number of alkyl halides is 3. The maximum atomic E-state index is 14.9. The SMILES string of the molecule is CN1CC(N[C@@](Cc2ccc(Cl)cc2)(C(=O)NN2CCC(C(=O)NC(C)(C)C)(C3CCCCC3)CC2)C(=O)C(F)(F)F)C1C(=O)OCC1c2ccccc2-c2ccccc21. The lowest BCUT2D eigenvalue weighted by atomic mass is 9.63. The van der Waals surface area contributed by atoms with Crippen molar-refractivity contribution in [3.63, 3.8) is 0 Å². The molecule has 2 aliphatic carbocycles. The van der Waals surface area contributed by atoms with E-state index in [1.807, 2.05) is 69.3 Å². The molecule has 0 radical (unpaired) electrons. The Morgan fingerprint density at radius 3 is 1.98 bits per heavy atom. The molecular weight excluding hydrogens is 795 g/mol. The number of piperidine rings is 1. The first-order valence-corrected chi connectivity index (χ1v) is 21.4. The Morgan fingerprint density at radius 1 is 0.850 bits per heavy atom. The molecule has 3 atom stereocenters. The number of esters is 1. The molecule has 2 heterocycles. The van der Waals surface area contributed by atoms with Crippen molar-refractivity contribution in [1.29, 1.82) is 0 Å². The Kier molecular flexibility index (Phi) is 12.6. The molecule has 1 saturated carbocycles. The first-order chi connectivity index (χ1) is 28.4. The lowest BCUT2D eigenvalue weighted by molar-refractivity contribution is -0.183. The van der Waals surface area contributed by atoms with Crippen LogP contribution in [0.4, 0.5) is 13.2 Å². The van der Waals surface area contributed by atoms with E-state index >= 15 is 0 Å². The van der Waals surface area contributed by atoms with Crippen LogP contribution in [0.1, 0.15) is 88.3 Å². The van der Waals surface area contributed by atoms with Crippen LogP contribution in [0.5, 0.6) is 0 Å². The molecule has 2 amide bonds. The Labute approximate surface area is 354 Å². The number of carbonyl (C=O) groups is 4. The van der Waals surface area contributed by atoms with E-state index in [-0.39, 0.29) is 49.5 Å². The van der Waals surface area contributed by atoms with Gasteiger partial charge in [-0.2, -0.15) is 13.2 Å². The molecule has 2 saturated heterocycles. The van der Waals surface area contributed by atoms with E-state index < -0.39 is 58.8 Å². The van der Waals surface area contributed by atoms with Gasteiger partial charge in [0.25, 0.3) is 11.7 Å². The third kappa shape index (κ3) is 8.87. The lowest BCUT2D eigenvalue weighted by Crippen LogP contribution is -2.77. The number of likely N-dealkylation sites (N-methyl/N-ethyl adjacent to an activating group) is 1. The molecule has 0 spiro atoms. The molecule has 3 N–H and O–H groups in total. The van der Waals surface area contributed by atoms with Crippen LogP contribution in [-0.2, 0) is 30.3 Å². The van der Waals surface area contributed by atoms with Gasteiger partial charge >= 0.3 is 12.1 Å². The number of fused-ring (bicyclic) bond motifs is 3. The summed E-state index contributed by atoms with van der Waals surface area (Å²) in [4.78, 5) is 58.1. The van der Waals surface area contributed by atoms with Crippen LogP contribution in [0.15, 0.2) is 72.8 Å². The summed E-state index contributed by atoms with van der Waals surface area (Å²) in [6.07, 6.45) is -0.427. The number of hydrazine groups is 1. The molecule has 60 heavy (non-hydrogen) atoms. The van der Waals surface area contributed by atoms with E-state index in [2.05, 4.69) is 16.1 Å². The average molecular weight is 850 g/mol. The molecule has 3 aromatic rings. The third-order valence-electron chi connectivity index (χ3n) is 13.0. The number of carbonyl (C=O) groups excluding carboxylic acids is 4. The van der Waals surface area contributed by atoms with E-state index in [0.29, 0.717) is 17.9 Å². The van der Waals surface area contributed by atoms with Crippen molar-refractivity contribution in [2.75, 3.05) is 33.3 Å². The quantitative estimate of drug-likeness (QED) is 0.132. The number of likely N-dealkylation sites (tertiary alicyclic amines) is 1. The highest BCUT2D eigenvalue weighted by Gasteiger charge is 2.61. The van der Waals surface area contributed by atoms with Crippen LogP contribution >= 0.6 is 11.6 Å². The largest absolute Gasteiger partial charge is 0.463 e. The molecule has 14 heteroatoms. The first-order valence-electron chi connectivity index (χ1n) is 21.0. The fourth-order valence-electron chi connectivity index (χ4n) is 9.96. The van der Waals surface area contributed by atoms with E-state index in [9.17, 15) is 32.3 Å². The van der Waals surface area contributed by atoms with Crippen molar-refractivity contribution >= 4 is 35.2 Å². The predicted molar refractivity (Wildman–Crippen MR) is 223 cm³/mol. The van der Waals surface area contributed by atoms with Gasteiger partial charge in [-0.25, -0.2) is 5.01 Å². The number of nitrogens with one attached hydrogen (secondary N) is 3. The first kappa shape index (κ1) is 43.8. The van der Waals surface area contributed by atoms with Gasteiger partial charge in [-0.15, -0.1) is 0 Å². The van der Waals surface area contributed by atoms with Crippen molar-refractivity contribution in [3.05, 3.63) is 94.5 Å². The fraction of sp³-hybridized carbons (Fsp3) is 0.522. The predicted octanol–water partition coefficient (Wildman–Crippen LogP) is 6.99. The molecule has 0 bridgehead atoms. The van der Waals surface area contributed by atoms with Crippen molar-refractivity contribution < 1.29 is 37.1 Å². The summed E-state index contributed by atoms with van der Waals surface area (Å²) in [6.45, 7) is 6.21. The number of ketones is 1. The molecule has 7 rings (SSSR count). The Balaban J connectivity index is 1.14. The Bertz CT molecular complexity index is 2030. The number of halogens is 4. The van der Waals surface area contributed by atoms with E-state index in [4.69, 9.17) is 16.3 Å². The number of Topliss-reactive ketones (excluding diaryl/α,β-unsaturated/α-hetero) is 1. The summed E-state index contributed by atoms with van der Waals surface area (Å²) in [7, 11) is 1.64. The summed E-state index contributed by atoms with van der Waals surface area (Å²) < 4.78 is 50.5. The number of hydrogen-bond acceptors (Lipinski definition) is 8. The lowest BCUT2D eigenvalue weighted by Gasteiger charge is -2.49. The number of hydrogen-bond donors (Lipinski definition) is 3. The van der Waals surface area contributed by atoms with Gasteiger partial charge in [0.1, 0.15) is 12.6 Å². The summed E-state index contributed by atoms with van der Waals surface area (Å²) in [5.74, 6) is -4.35. The van der Waals surface area contributed by atoms with Crippen LogP contribution in [0.3, 0.4) is 0 Å². The maximum absolute atomic E-state index is 14.9. The van der Waals surface area contributed by atoms with E-state index in [1.165, 1.54) is 29.3 Å². The van der Waals surface area contributed by atoms with Crippen molar-refractivity contribution in [1.82, 2.24) is 26.0 Å². The Hall–Kier alpha value is -4.30. The summed E-state index contributed by atoms with van der Waals surface area (Å²) >= 11 is 6.13. The highest BCUT2D eigenvalue weighted by Crippen LogP contribution is 2.47. The number of rotatable bonds is 12. The second-order valence-electron chi connectivity index (χ2n) is 18.2. The number of amides is 2. The zero-order valence-corrected chi connectivity index (χ0v) is 35.4. The average Bonchev–Trinajstić information content (AvgIpc) is 3.53. The minimum atomic E-state index is -5.44. The molecule has 0 aromatic heterocycles. The molecule has 3 aromatic carbocycles. The van der Waals surface area contributed by atoms with Gasteiger partial charge in [-0.1, -0.05) is 91.5 Å². The number of benzene rings is 3. The highest BCUT2D eigenvalue weighted by molar-refractivity contribution is 6.30. The van der Waals surface area contributed by atoms with Gasteiger partial charge in [0, 0.05) is 48.6 Å². The van der Waals surface area contributed by atoms with Crippen LogP contribution in [0, 0.1) is 11.3 Å². The highest BCUT2D eigenvalue weighted by atomic mass is 35.5. The van der Waals surface area contributed by atoms with Crippen LogP contribution in [0.25, 0.3) is 11.1 Å². The second kappa shape index (κ2) is 17.2. The van der Waals surface area contributed by atoms with Gasteiger partial charge < -0.3 is 10.1 Å². The van der Waals surface area contributed by atoms with Crippen molar-refractivity contribution in [3.8, 4) is 11.1 Å². The standard InChI is InChI=1S/C46H55ClF3N5O5/c1-43(2,3)52-41(58)44(30-12-6-5-7-13-30)22-24-55(25-23-44)53-42(59)45(40(57)46(48,49)50,26-29-18-20-31(47)21-19-29)51-37-27-54(4)38(37)39(56)60-28-36-34-16-10-8-14-32(34)33-15-9-11-17-35(33)36/h8-11,14-21,30,36-38,51H,5-7,12-13,22-28H2,1-4H3,(H,52,58)(H,53,59)/t37?,38?,45-/m1/s1. The van der Waals surface area contributed by atoms with Gasteiger partial charge in [-0.05, 0) is 99.4 Å². The minimum Gasteiger partial charge on any atom is -0.463 e. The molecule has 322 valence electrons. The number of nitrogens with zero attached hydrogens (tertiary/aromatic N) is 2. The summed E-state index contributed by atoms with van der Waals surface area (Å²) in [6, 6.07) is 19.5. The fourth-order valence-corrected chi connectivity index (χ4v) is 10.1. The normalized spacial score (nSPS) is 22.1. The van der Waals surface area contributed by atoms with Gasteiger partial charge in [-0.3, -0.25) is 34.8 Å². The third-order valence-corrected chi connectivity index (χ3v) is 13.3. The molecule has 10 nitrogen and oxygen atoms in total.